The van der Waals surface area contributed by atoms with E-state index in [1.165, 1.54) is 33.6 Å². The summed E-state index contributed by atoms with van der Waals surface area (Å²) in [5.41, 5.74) is 8.37. The number of nitrogens with one attached hydrogen (secondary N) is 2. The van der Waals surface area contributed by atoms with E-state index >= 15 is 0 Å². The zero-order chi connectivity index (χ0) is 22.1. The van der Waals surface area contributed by atoms with Gasteiger partial charge >= 0.3 is 16.8 Å². The molecule has 2 N–H and O–H groups in total. The van der Waals surface area contributed by atoms with E-state index in [2.05, 4.69) is 101 Å². The van der Waals surface area contributed by atoms with Crippen LogP contribution in [0.5, 0.6) is 0 Å². The molecule has 2 unspecified atom stereocenters. The van der Waals surface area contributed by atoms with Gasteiger partial charge in [-0.15, -0.1) is 0 Å². The molecule has 3 nitrogen and oxygen atoms in total. The molecule has 2 rings (SSSR count). The van der Waals surface area contributed by atoms with Gasteiger partial charge in [-0.2, -0.15) is 0 Å². The van der Waals surface area contributed by atoms with E-state index in [1.54, 1.807) is 0 Å². The Bertz CT molecular complexity index is 691. The van der Waals surface area contributed by atoms with Gasteiger partial charge in [-0.1, -0.05) is 64.1 Å². The maximum absolute atomic E-state index is 3.81. The maximum atomic E-state index is 3.81. The standard InChI is InChI=1S/C27H43N3.2ClH.Co/c1-8-22-14-12-15-23(9-2)26(22)28-20(5)18-30(7)19-21(6)29-27-24(10-3)16-13-17-25(27)11-4;;;/h12-17,20-21,28-29H,8-11,18-19H2,1-7H3;2*1H;/q;;;+2/p-2. The summed E-state index contributed by atoms with van der Waals surface area (Å²) in [5.74, 6) is 0. The molecule has 0 aliphatic heterocycles. The van der Waals surface area contributed by atoms with Crippen molar-refractivity contribution in [2.75, 3.05) is 30.8 Å². The molecule has 0 heterocycles. The van der Waals surface area contributed by atoms with Crippen LogP contribution >= 0.6 is 0 Å². The number of halogens is 2. The van der Waals surface area contributed by atoms with Gasteiger partial charge in [-0.05, 0) is 68.8 Å². The third kappa shape index (κ3) is 10.1. The van der Waals surface area contributed by atoms with Gasteiger partial charge in [0.2, 0.25) is 0 Å². The SMILES string of the molecule is CCc1cccc(CC)c1NC(C)CN(C)CC(C)Nc1c(CC)cccc1CC.[Cl-].[Cl-].[Co+2]. The van der Waals surface area contributed by atoms with E-state index in [0.29, 0.717) is 12.1 Å². The summed E-state index contributed by atoms with van der Waals surface area (Å²) in [6.45, 7) is 15.6. The van der Waals surface area contributed by atoms with Crippen molar-refractivity contribution in [3.05, 3.63) is 58.7 Å². The number of rotatable bonds is 12. The van der Waals surface area contributed by atoms with Crippen LogP contribution in [0.4, 0.5) is 11.4 Å². The summed E-state index contributed by atoms with van der Waals surface area (Å²) in [4.78, 5) is 2.44. The molecule has 189 valence electrons. The van der Waals surface area contributed by atoms with Crippen molar-refractivity contribution in [2.45, 2.75) is 79.3 Å². The first-order chi connectivity index (χ1) is 14.4. The minimum atomic E-state index is 0. The van der Waals surface area contributed by atoms with Crippen LogP contribution in [0.25, 0.3) is 0 Å². The monoisotopic (exact) mass is 538 g/mol. The van der Waals surface area contributed by atoms with E-state index in [0.717, 1.165) is 38.8 Å². The maximum Gasteiger partial charge on any atom is 2.00 e. The van der Waals surface area contributed by atoms with Gasteiger partial charge in [-0.25, -0.2) is 0 Å². The van der Waals surface area contributed by atoms with Gasteiger partial charge in [0.25, 0.3) is 0 Å². The molecule has 2 aromatic carbocycles. The molecule has 2 aromatic rings. The molecule has 0 aromatic heterocycles. The van der Waals surface area contributed by atoms with Crippen LogP contribution in [0.15, 0.2) is 36.4 Å². The first-order valence-electron chi connectivity index (χ1n) is 11.9. The van der Waals surface area contributed by atoms with Crippen molar-refractivity contribution >= 4 is 11.4 Å². The number of anilines is 2. The summed E-state index contributed by atoms with van der Waals surface area (Å²) in [7, 11) is 2.23. The van der Waals surface area contributed by atoms with Crippen molar-refractivity contribution in [2.24, 2.45) is 0 Å². The number of nitrogens with zero attached hydrogens (tertiary/aromatic N) is 1. The van der Waals surface area contributed by atoms with Crippen molar-refractivity contribution in [1.82, 2.24) is 4.90 Å². The second kappa shape index (κ2) is 17.5. The van der Waals surface area contributed by atoms with Crippen LogP contribution in [0.3, 0.4) is 0 Å². The molecule has 0 amide bonds. The van der Waals surface area contributed by atoms with E-state index < -0.39 is 0 Å². The Balaban J connectivity index is 0. The molecule has 2 atom stereocenters. The fourth-order valence-corrected chi connectivity index (χ4v) is 4.45. The van der Waals surface area contributed by atoms with E-state index in [-0.39, 0.29) is 41.6 Å². The van der Waals surface area contributed by atoms with E-state index in [4.69, 9.17) is 0 Å². The average Bonchev–Trinajstić information content (AvgIpc) is 2.73. The van der Waals surface area contributed by atoms with Gasteiger partial charge in [0.15, 0.2) is 0 Å². The predicted molar refractivity (Wildman–Crippen MR) is 134 cm³/mol. The number of hydrogen-bond acceptors (Lipinski definition) is 3. The summed E-state index contributed by atoms with van der Waals surface area (Å²) >= 11 is 0. The molecule has 1 radical (unpaired) electrons. The largest absolute Gasteiger partial charge is 2.00 e. The normalized spacial score (nSPS) is 12.1. The molecular formula is C27H43Cl2CoN3. The molecule has 0 saturated heterocycles. The van der Waals surface area contributed by atoms with E-state index in [9.17, 15) is 0 Å². The Labute approximate surface area is 225 Å². The molecule has 0 aliphatic rings. The zero-order valence-corrected chi connectivity index (χ0v) is 24.0. The molecule has 0 aliphatic carbocycles. The average molecular weight is 540 g/mol. The van der Waals surface area contributed by atoms with Crippen LogP contribution in [0.1, 0.15) is 63.8 Å². The molecular weight excluding hydrogens is 496 g/mol. The number of likely N-dealkylation sites (N-methyl/N-ethyl adjacent to an activating group) is 1. The Kier molecular flexibility index (Phi) is 18.2. The Morgan fingerprint density at radius 2 is 0.909 bits per heavy atom. The molecule has 6 heteroatoms. The molecule has 0 fully saturated rings. The number of aryl methyl sites for hydroxylation is 4. The zero-order valence-electron chi connectivity index (χ0n) is 21.4. The summed E-state index contributed by atoms with van der Waals surface area (Å²) in [6.07, 6.45) is 4.26. The van der Waals surface area contributed by atoms with Crippen molar-refractivity contribution in [3.63, 3.8) is 0 Å². The van der Waals surface area contributed by atoms with Crippen LogP contribution in [-0.2, 0) is 42.5 Å². The second-order valence-electron chi connectivity index (χ2n) is 8.63. The van der Waals surface area contributed by atoms with Gasteiger partial charge in [0, 0.05) is 36.5 Å². The summed E-state index contributed by atoms with van der Waals surface area (Å²) in [6, 6.07) is 14.2. The fraction of sp³-hybridized carbons (Fsp3) is 0.556. The topological polar surface area (TPSA) is 27.3 Å². The quantitative estimate of drug-likeness (QED) is 0.403. The number of benzene rings is 2. The van der Waals surface area contributed by atoms with Crippen LogP contribution in [0, 0.1) is 0 Å². The fourth-order valence-electron chi connectivity index (χ4n) is 4.45. The number of para-hydroxylation sites is 2. The molecule has 0 saturated carbocycles. The van der Waals surface area contributed by atoms with Crippen molar-refractivity contribution in [3.8, 4) is 0 Å². The first-order valence-corrected chi connectivity index (χ1v) is 11.9. The third-order valence-electron chi connectivity index (χ3n) is 5.95. The number of hydrogen-bond donors (Lipinski definition) is 2. The third-order valence-corrected chi connectivity index (χ3v) is 5.95. The molecule has 33 heavy (non-hydrogen) atoms. The Morgan fingerprint density at radius 1 is 0.636 bits per heavy atom. The predicted octanol–water partition coefficient (Wildman–Crippen LogP) is 0.175. The minimum absolute atomic E-state index is 0. The van der Waals surface area contributed by atoms with Gasteiger partial charge < -0.3 is 40.3 Å². The van der Waals surface area contributed by atoms with Crippen LogP contribution in [0.2, 0.25) is 0 Å². The van der Waals surface area contributed by atoms with Gasteiger partial charge in [0.1, 0.15) is 0 Å². The van der Waals surface area contributed by atoms with Gasteiger partial charge in [-0.3, -0.25) is 0 Å². The van der Waals surface area contributed by atoms with Crippen molar-refractivity contribution < 1.29 is 41.6 Å². The van der Waals surface area contributed by atoms with Crippen LogP contribution in [-0.4, -0.2) is 37.1 Å². The van der Waals surface area contributed by atoms with Gasteiger partial charge in [0.05, 0.1) is 0 Å². The second-order valence-corrected chi connectivity index (χ2v) is 8.63. The van der Waals surface area contributed by atoms with Crippen molar-refractivity contribution in [1.29, 1.82) is 0 Å². The Morgan fingerprint density at radius 3 is 1.15 bits per heavy atom. The first kappa shape index (κ1) is 34.3. The summed E-state index contributed by atoms with van der Waals surface area (Å²) in [5, 5.41) is 7.62. The Hall–Kier alpha value is -0.914. The minimum Gasteiger partial charge on any atom is -1.00 e. The molecule has 0 bridgehead atoms. The van der Waals surface area contributed by atoms with E-state index in [1.807, 2.05) is 0 Å². The molecule has 0 spiro atoms. The van der Waals surface area contributed by atoms with Crippen LogP contribution < -0.4 is 35.4 Å². The summed E-state index contributed by atoms with van der Waals surface area (Å²) < 4.78 is 0. The smallest absolute Gasteiger partial charge is 1.00 e.